The van der Waals surface area contributed by atoms with Crippen LogP contribution in [-0.2, 0) is 0 Å². The molecule has 0 aromatic rings. The van der Waals surface area contributed by atoms with Gasteiger partial charge >= 0.3 is 4.36 Å². The molecule has 0 amide bonds. The first-order valence-corrected chi connectivity index (χ1v) is 4.96. The highest BCUT2D eigenvalue weighted by Gasteiger charge is 2.03. The lowest BCUT2D eigenvalue weighted by atomic mass is 9.95. The van der Waals surface area contributed by atoms with Crippen LogP contribution in [0.4, 0.5) is 0 Å². The lowest BCUT2D eigenvalue weighted by Crippen LogP contribution is -1.92. The number of hydrogen-bond acceptors (Lipinski definition) is 0. The van der Waals surface area contributed by atoms with Crippen molar-refractivity contribution in [3.63, 3.8) is 0 Å². The van der Waals surface area contributed by atoms with Gasteiger partial charge in [0.1, 0.15) is 0 Å². The summed E-state index contributed by atoms with van der Waals surface area (Å²) in [6.07, 6.45) is 4.65. The maximum atomic E-state index is 3.42. The average Bonchev–Trinajstić information content (AvgIpc) is 1.82. The van der Waals surface area contributed by atoms with Gasteiger partial charge in [0.15, 0.2) is 0 Å². The molecule has 0 nitrogen and oxygen atoms in total. The maximum absolute atomic E-state index is 3.42. The van der Waals surface area contributed by atoms with E-state index in [1.807, 2.05) is 0 Å². The second-order valence-corrected chi connectivity index (χ2v) is 5.10. The average molecular weight is 254 g/mol. The molecule has 0 aliphatic heterocycles. The highest BCUT2D eigenvalue weighted by molar-refractivity contribution is 9.49. The van der Waals surface area contributed by atoms with Gasteiger partial charge in [-0.05, 0) is 6.42 Å². The van der Waals surface area contributed by atoms with E-state index in [4.69, 9.17) is 0 Å². The fourth-order valence-corrected chi connectivity index (χ4v) is 0.835. The first-order chi connectivity index (χ1) is 4.18. The van der Waals surface area contributed by atoms with E-state index in [9.17, 15) is 0 Å². The summed E-state index contributed by atoms with van der Waals surface area (Å²) < 4.78 is 0.358. The fourth-order valence-electron chi connectivity index (χ4n) is 0.461. The molecular weight excluding hydrogens is 243 g/mol. The molecule has 52 valence electrons. The van der Waals surface area contributed by atoms with Crippen LogP contribution in [-0.4, -0.2) is 4.36 Å². The first-order valence-electron chi connectivity index (χ1n) is 3.13. The molecule has 0 unspecified atom stereocenters. The predicted molar refractivity (Wildman–Crippen MR) is 52.3 cm³/mol. The minimum atomic E-state index is 0.358. The van der Waals surface area contributed by atoms with Crippen molar-refractivity contribution in [2.24, 2.45) is 0 Å². The number of rotatable bonds is 3. The summed E-state index contributed by atoms with van der Waals surface area (Å²) >= 11 is 6.84. The van der Waals surface area contributed by atoms with Crippen molar-refractivity contribution in [1.29, 1.82) is 0 Å². The summed E-state index contributed by atoms with van der Waals surface area (Å²) in [5.74, 6) is 0. The van der Waals surface area contributed by atoms with E-state index in [2.05, 4.69) is 51.4 Å². The lowest BCUT2D eigenvalue weighted by molar-refractivity contribution is 0.955. The van der Waals surface area contributed by atoms with Crippen LogP contribution >= 0.6 is 31.5 Å². The lowest BCUT2D eigenvalue weighted by Gasteiger charge is -1.95. The Balaban J connectivity index is 3.55. The molecule has 0 spiro atoms. The van der Waals surface area contributed by atoms with Crippen LogP contribution in [0.15, 0.2) is 11.5 Å². The summed E-state index contributed by atoms with van der Waals surface area (Å²) in [5, 5.41) is 0. The molecule has 0 N–H and O–H groups in total. The standard InChI is InChI=1S/C6H11BBr2/c1-3-4-5-6(2)7(8)9/h5H,3-4H2,1-2H3/b6-5+. The summed E-state index contributed by atoms with van der Waals surface area (Å²) in [5.41, 5.74) is 1.36. The molecule has 0 saturated carbocycles. The molecule has 0 bridgehead atoms. The molecule has 3 heteroatoms. The number of unbranched alkanes of at least 4 members (excludes halogenated alkanes) is 1. The Hall–Kier alpha value is 0.765. The van der Waals surface area contributed by atoms with Crippen molar-refractivity contribution < 1.29 is 0 Å². The maximum Gasteiger partial charge on any atom is 0.325 e. The molecule has 9 heavy (non-hydrogen) atoms. The number of allylic oxidation sites excluding steroid dienone is 2. The summed E-state index contributed by atoms with van der Waals surface area (Å²) in [6.45, 7) is 4.30. The quantitative estimate of drug-likeness (QED) is 0.675. The smallest absolute Gasteiger partial charge is 0.133 e. The fraction of sp³-hybridized carbons (Fsp3) is 0.667. The van der Waals surface area contributed by atoms with Crippen molar-refractivity contribution in [2.75, 3.05) is 0 Å². The van der Waals surface area contributed by atoms with Gasteiger partial charge < -0.3 is 0 Å². The summed E-state index contributed by atoms with van der Waals surface area (Å²) in [6, 6.07) is 0. The second kappa shape index (κ2) is 5.54. The van der Waals surface area contributed by atoms with Gasteiger partial charge in [-0.2, -0.15) is 0 Å². The van der Waals surface area contributed by atoms with Crippen LogP contribution in [0.25, 0.3) is 0 Å². The topological polar surface area (TPSA) is 0 Å². The minimum Gasteiger partial charge on any atom is -0.133 e. The highest BCUT2D eigenvalue weighted by atomic mass is 79.9. The van der Waals surface area contributed by atoms with Crippen LogP contribution in [0.3, 0.4) is 0 Å². The second-order valence-electron chi connectivity index (χ2n) is 2.04. The Morgan fingerprint density at radius 2 is 2.11 bits per heavy atom. The predicted octanol–water partition coefficient (Wildman–Crippen LogP) is 3.55. The van der Waals surface area contributed by atoms with E-state index in [0.717, 1.165) is 0 Å². The number of halogens is 2. The van der Waals surface area contributed by atoms with Gasteiger partial charge in [0.2, 0.25) is 0 Å². The molecule has 0 atom stereocenters. The minimum absolute atomic E-state index is 0.358. The van der Waals surface area contributed by atoms with Crippen molar-refractivity contribution in [3.8, 4) is 0 Å². The van der Waals surface area contributed by atoms with Gasteiger partial charge in [-0.1, -0.05) is 31.8 Å². The zero-order valence-electron chi connectivity index (χ0n) is 5.82. The van der Waals surface area contributed by atoms with Gasteiger partial charge in [-0.3, -0.25) is 0 Å². The Labute approximate surface area is 74.1 Å². The van der Waals surface area contributed by atoms with Crippen LogP contribution < -0.4 is 0 Å². The van der Waals surface area contributed by atoms with Crippen molar-refractivity contribution in [2.45, 2.75) is 26.7 Å². The summed E-state index contributed by atoms with van der Waals surface area (Å²) in [7, 11) is 0. The van der Waals surface area contributed by atoms with Gasteiger partial charge in [-0.25, -0.2) is 0 Å². The molecule has 0 aromatic heterocycles. The van der Waals surface area contributed by atoms with Crippen LogP contribution in [0.2, 0.25) is 0 Å². The van der Waals surface area contributed by atoms with E-state index >= 15 is 0 Å². The molecule has 0 aliphatic carbocycles. The third-order valence-corrected chi connectivity index (χ3v) is 2.54. The molecule has 0 heterocycles. The SMILES string of the molecule is CCC/C=C(\C)B(Br)Br. The van der Waals surface area contributed by atoms with Crippen molar-refractivity contribution in [1.82, 2.24) is 0 Å². The van der Waals surface area contributed by atoms with Crippen LogP contribution in [0.1, 0.15) is 26.7 Å². The van der Waals surface area contributed by atoms with Crippen molar-refractivity contribution >= 4 is 35.9 Å². The van der Waals surface area contributed by atoms with E-state index in [-0.39, 0.29) is 0 Å². The molecule has 0 saturated heterocycles. The van der Waals surface area contributed by atoms with Gasteiger partial charge in [0.05, 0.1) is 0 Å². The molecule has 0 rings (SSSR count). The summed E-state index contributed by atoms with van der Waals surface area (Å²) in [4.78, 5) is 0. The largest absolute Gasteiger partial charge is 0.325 e. The van der Waals surface area contributed by atoms with E-state index in [1.165, 1.54) is 18.3 Å². The molecule has 0 aromatic carbocycles. The van der Waals surface area contributed by atoms with E-state index in [0.29, 0.717) is 4.36 Å². The Morgan fingerprint density at radius 3 is 2.44 bits per heavy atom. The van der Waals surface area contributed by atoms with Crippen LogP contribution in [0, 0.1) is 0 Å². The van der Waals surface area contributed by atoms with Gasteiger partial charge in [0, 0.05) is 0 Å². The Bertz CT molecular complexity index is 99.2. The highest BCUT2D eigenvalue weighted by Crippen LogP contribution is 2.13. The first kappa shape index (κ1) is 9.76. The number of hydrogen-bond donors (Lipinski definition) is 0. The van der Waals surface area contributed by atoms with Crippen molar-refractivity contribution in [3.05, 3.63) is 11.5 Å². The molecular formula is C6H11BBr2. The van der Waals surface area contributed by atoms with Gasteiger partial charge in [-0.15, -0.1) is 31.5 Å². The third kappa shape index (κ3) is 5.22. The normalized spacial score (nSPS) is 11.8. The van der Waals surface area contributed by atoms with E-state index in [1.54, 1.807) is 0 Å². The van der Waals surface area contributed by atoms with Gasteiger partial charge in [0.25, 0.3) is 0 Å². The zero-order valence-corrected chi connectivity index (χ0v) is 9.00. The third-order valence-electron chi connectivity index (χ3n) is 1.10. The zero-order chi connectivity index (χ0) is 7.28. The van der Waals surface area contributed by atoms with E-state index < -0.39 is 0 Å². The molecule has 0 radical (unpaired) electrons. The van der Waals surface area contributed by atoms with Crippen LogP contribution in [0.5, 0.6) is 0 Å². The Morgan fingerprint density at radius 1 is 1.56 bits per heavy atom. The molecule has 0 aliphatic rings. The Kier molecular flexibility index (Phi) is 6.01. The monoisotopic (exact) mass is 252 g/mol. The molecule has 0 fully saturated rings.